The molecule has 0 saturated heterocycles. The van der Waals surface area contributed by atoms with Gasteiger partial charge in [-0.1, -0.05) is 18.2 Å². The van der Waals surface area contributed by atoms with Crippen LogP contribution in [0.3, 0.4) is 0 Å². The maximum atomic E-state index is 13.5. The molecule has 1 unspecified atom stereocenters. The van der Waals surface area contributed by atoms with E-state index in [1.807, 2.05) is 0 Å². The highest BCUT2D eigenvalue weighted by atomic mass is 19.1. The predicted molar refractivity (Wildman–Crippen MR) is 68.1 cm³/mol. The van der Waals surface area contributed by atoms with Crippen LogP contribution in [-0.4, -0.2) is 6.04 Å². The lowest BCUT2D eigenvalue weighted by Gasteiger charge is -2.12. The maximum Gasteiger partial charge on any atom is 0.129 e. The van der Waals surface area contributed by atoms with Crippen LogP contribution in [0.1, 0.15) is 11.1 Å². The van der Waals surface area contributed by atoms with E-state index < -0.39 is 11.6 Å². The summed E-state index contributed by atoms with van der Waals surface area (Å²) in [6.45, 7) is 0. The molecule has 0 aliphatic rings. The molecular formula is C15H14F3N. The molecule has 0 heterocycles. The molecule has 4 heteroatoms. The average molecular weight is 265 g/mol. The summed E-state index contributed by atoms with van der Waals surface area (Å²) in [5.41, 5.74) is 7.20. The molecule has 19 heavy (non-hydrogen) atoms. The van der Waals surface area contributed by atoms with E-state index in [0.717, 1.165) is 11.6 Å². The molecule has 0 bridgehead atoms. The van der Waals surface area contributed by atoms with Crippen molar-refractivity contribution in [1.29, 1.82) is 0 Å². The van der Waals surface area contributed by atoms with Crippen LogP contribution in [0.4, 0.5) is 13.2 Å². The third kappa shape index (κ3) is 3.83. The third-order valence-corrected chi connectivity index (χ3v) is 2.91. The third-order valence-electron chi connectivity index (χ3n) is 2.91. The zero-order chi connectivity index (χ0) is 13.8. The van der Waals surface area contributed by atoms with Crippen LogP contribution in [0.15, 0.2) is 42.5 Å². The first-order valence-electron chi connectivity index (χ1n) is 5.98. The highest BCUT2D eigenvalue weighted by Gasteiger charge is 2.10. The summed E-state index contributed by atoms with van der Waals surface area (Å²) in [7, 11) is 0. The molecule has 2 aromatic rings. The molecule has 100 valence electrons. The minimum absolute atomic E-state index is 0.301. The fourth-order valence-corrected chi connectivity index (χ4v) is 1.97. The monoisotopic (exact) mass is 265 g/mol. The van der Waals surface area contributed by atoms with Gasteiger partial charge < -0.3 is 5.73 Å². The van der Waals surface area contributed by atoms with Crippen LogP contribution in [0.2, 0.25) is 0 Å². The summed E-state index contributed by atoms with van der Waals surface area (Å²) in [6, 6.07) is 9.18. The predicted octanol–water partition coefficient (Wildman–Crippen LogP) is 3.22. The van der Waals surface area contributed by atoms with Crippen LogP contribution in [0.25, 0.3) is 0 Å². The van der Waals surface area contributed by atoms with Gasteiger partial charge in [-0.15, -0.1) is 0 Å². The summed E-state index contributed by atoms with van der Waals surface area (Å²) in [4.78, 5) is 0. The summed E-state index contributed by atoms with van der Waals surface area (Å²) in [5.74, 6) is -1.50. The van der Waals surface area contributed by atoms with Gasteiger partial charge in [0.15, 0.2) is 0 Å². The Bertz CT molecular complexity index is 552. The van der Waals surface area contributed by atoms with Crippen molar-refractivity contribution >= 4 is 0 Å². The molecule has 0 spiro atoms. The van der Waals surface area contributed by atoms with Gasteiger partial charge in [0, 0.05) is 12.1 Å². The molecule has 1 nitrogen and oxygen atoms in total. The van der Waals surface area contributed by atoms with Crippen molar-refractivity contribution in [2.75, 3.05) is 0 Å². The first-order chi connectivity index (χ1) is 9.04. The minimum Gasteiger partial charge on any atom is -0.327 e. The van der Waals surface area contributed by atoms with Crippen molar-refractivity contribution in [3.63, 3.8) is 0 Å². The second-order valence-electron chi connectivity index (χ2n) is 4.53. The molecule has 0 saturated carbocycles. The summed E-state index contributed by atoms with van der Waals surface area (Å²) >= 11 is 0. The Morgan fingerprint density at radius 1 is 0.842 bits per heavy atom. The summed E-state index contributed by atoms with van der Waals surface area (Å²) < 4.78 is 39.0. The fraction of sp³-hybridized carbons (Fsp3) is 0.200. The zero-order valence-corrected chi connectivity index (χ0v) is 10.2. The summed E-state index contributed by atoms with van der Waals surface area (Å²) in [5, 5.41) is 0. The molecule has 2 aromatic carbocycles. The van der Waals surface area contributed by atoms with Gasteiger partial charge >= 0.3 is 0 Å². The smallest absolute Gasteiger partial charge is 0.129 e. The van der Waals surface area contributed by atoms with E-state index in [1.165, 1.54) is 24.3 Å². The molecular weight excluding hydrogens is 251 g/mol. The van der Waals surface area contributed by atoms with Gasteiger partial charge in [0.05, 0.1) is 0 Å². The lowest BCUT2D eigenvalue weighted by Crippen LogP contribution is -2.26. The Hall–Kier alpha value is -1.81. The number of halogens is 3. The Kier molecular flexibility index (Phi) is 4.22. The second-order valence-corrected chi connectivity index (χ2v) is 4.53. The van der Waals surface area contributed by atoms with E-state index in [0.29, 0.717) is 18.4 Å². The van der Waals surface area contributed by atoms with E-state index in [9.17, 15) is 13.2 Å². The van der Waals surface area contributed by atoms with Crippen LogP contribution in [0.5, 0.6) is 0 Å². The molecule has 2 rings (SSSR count). The van der Waals surface area contributed by atoms with E-state index in [2.05, 4.69) is 0 Å². The fourth-order valence-electron chi connectivity index (χ4n) is 1.97. The molecule has 0 radical (unpaired) electrons. The molecule has 1 atom stereocenters. The maximum absolute atomic E-state index is 13.5. The van der Waals surface area contributed by atoms with Gasteiger partial charge in [-0.25, -0.2) is 13.2 Å². The normalized spacial score (nSPS) is 12.4. The Morgan fingerprint density at radius 2 is 1.47 bits per heavy atom. The van der Waals surface area contributed by atoms with Gasteiger partial charge in [-0.3, -0.25) is 0 Å². The second kappa shape index (κ2) is 5.89. The Balaban J connectivity index is 2.01. The van der Waals surface area contributed by atoms with E-state index >= 15 is 0 Å². The Labute approximate surface area is 109 Å². The topological polar surface area (TPSA) is 26.0 Å². The van der Waals surface area contributed by atoms with Gasteiger partial charge in [-0.05, 0) is 42.2 Å². The Morgan fingerprint density at radius 3 is 2.11 bits per heavy atom. The molecule has 0 aliphatic carbocycles. The minimum atomic E-state index is -0.603. The van der Waals surface area contributed by atoms with Crippen molar-refractivity contribution < 1.29 is 13.2 Å². The number of benzene rings is 2. The van der Waals surface area contributed by atoms with Crippen LogP contribution in [0, 0.1) is 17.5 Å². The van der Waals surface area contributed by atoms with Crippen molar-refractivity contribution in [3.05, 3.63) is 71.0 Å². The number of hydrogen-bond donors (Lipinski definition) is 1. The highest BCUT2D eigenvalue weighted by molar-refractivity contribution is 5.21. The van der Waals surface area contributed by atoms with Gasteiger partial charge in [0.2, 0.25) is 0 Å². The van der Waals surface area contributed by atoms with Crippen molar-refractivity contribution in [2.45, 2.75) is 18.9 Å². The first kappa shape index (κ1) is 13.6. The number of hydrogen-bond acceptors (Lipinski definition) is 1. The zero-order valence-electron chi connectivity index (χ0n) is 10.2. The molecule has 0 amide bonds. The van der Waals surface area contributed by atoms with E-state index in [-0.39, 0.29) is 11.9 Å². The van der Waals surface area contributed by atoms with E-state index in [1.54, 1.807) is 12.1 Å². The number of nitrogens with two attached hydrogens (primary N) is 1. The van der Waals surface area contributed by atoms with Crippen LogP contribution in [-0.2, 0) is 12.8 Å². The standard InChI is InChI=1S/C15H14F3N/c16-12-4-1-10(2-5-12)7-14(19)8-11-3-6-13(17)9-15(11)18/h1-6,9,14H,7-8,19H2. The SMILES string of the molecule is NC(Cc1ccc(F)cc1)Cc1ccc(F)cc1F. The van der Waals surface area contributed by atoms with Crippen molar-refractivity contribution in [1.82, 2.24) is 0 Å². The van der Waals surface area contributed by atoms with Gasteiger partial charge in [-0.2, -0.15) is 0 Å². The van der Waals surface area contributed by atoms with Gasteiger partial charge in [0.1, 0.15) is 17.5 Å². The summed E-state index contributed by atoms with van der Waals surface area (Å²) in [6.07, 6.45) is 0.820. The highest BCUT2D eigenvalue weighted by Crippen LogP contribution is 2.13. The van der Waals surface area contributed by atoms with Crippen LogP contribution < -0.4 is 5.73 Å². The molecule has 0 fully saturated rings. The lowest BCUT2D eigenvalue weighted by atomic mass is 9.99. The molecule has 0 aromatic heterocycles. The van der Waals surface area contributed by atoms with Crippen LogP contribution >= 0.6 is 0 Å². The molecule has 0 aliphatic heterocycles. The van der Waals surface area contributed by atoms with E-state index in [4.69, 9.17) is 5.73 Å². The lowest BCUT2D eigenvalue weighted by molar-refractivity contribution is 0.558. The van der Waals surface area contributed by atoms with Crippen molar-refractivity contribution in [3.8, 4) is 0 Å². The van der Waals surface area contributed by atoms with Gasteiger partial charge in [0.25, 0.3) is 0 Å². The largest absolute Gasteiger partial charge is 0.327 e. The quantitative estimate of drug-likeness (QED) is 0.902. The average Bonchev–Trinajstić information content (AvgIpc) is 2.36. The number of rotatable bonds is 4. The molecule has 2 N–H and O–H groups in total. The van der Waals surface area contributed by atoms with Crippen molar-refractivity contribution in [2.24, 2.45) is 5.73 Å². The first-order valence-corrected chi connectivity index (χ1v) is 5.98.